The van der Waals surface area contributed by atoms with E-state index in [-0.39, 0.29) is 11.9 Å². The van der Waals surface area contributed by atoms with E-state index in [9.17, 15) is 4.79 Å². The normalized spacial score (nSPS) is 31.9. The van der Waals surface area contributed by atoms with E-state index in [1.54, 1.807) is 0 Å². The maximum absolute atomic E-state index is 12.5. The molecule has 0 spiro atoms. The third kappa shape index (κ3) is 3.17. The lowest BCUT2D eigenvalue weighted by Gasteiger charge is -2.51. The minimum absolute atomic E-state index is 0.0397. The van der Waals surface area contributed by atoms with Crippen LogP contribution in [0.4, 0.5) is 0 Å². The van der Waals surface area contributed by atoms with Gasteiger partial charge in [0.15, 0.2) is 0 Å². The molecule has 0 aromatic heterocycles. The Labute approximate surface area is 123 Å². The van der Waals surface area contributed by atoms with Gasteiger partial charge in [-0.3, -0.25) is 9.69 Å². The summed E-state index contributed by atoms with van der Waals surface area (Å²) in [6, 6.07) is 1.88. The number of carbonyl (C=O) groups excluding carboxylic acids is 1. The van der Waals surface area contributed by atoms with Crippen LogP contribution in [0.25, 0.3) is 0 Å². The van der Waals surface area contributed by atoms with E-state index in [0.29, 0.717) is 18.1 Å². The molecule has 1 amide bonds. The molecule has 2 bridgehead atoms. The lowest BCUT2D eigenvalue weighted by Crippen LogP contribution is -2.61. The van der Waals surface area contributed by atoms with Crippen LogP contribution in [0.2, 0.25) is 0 Å². The van der Waals surface area contributed by atoms with Gasteiger partial charge in [-0.05, 0) is 46.1 Å². The average molecular weight is 281 g/mol. The second-order valence-corrected chi connectivity index (χ2v) is 6.44. The van der Waals surface area contributed by atoms with Gasteiger partial charge < -0.3 is 10.2 Å². The highest BCUT2D eigenvalue weighted by Crippen LogP contribution is 2.35. The van der Waals surface area contributed by atoms with E-state index in [0.717, 1.165) is 13.1 Å². The summed E-state index contributed by atoms with van der Waals surface area (Å²) in [7, 11) is 1.92. The van der Waals surface area contributed by atoms with Gasteiger partial charge >= 0.3 is 0 Å². The summed E-state index contributed by atoms with van der Waals surface area (Å²) in [5.74, 6) is 0.284. The lowest BCUT2D eigenvalue weighted by molar-refractivity contribution is -0.139. The molecule has 20 heavy (non-hydrogen) atoms. The highest BCUT2D eigenvalue weighted by Gasteiger charge is 2.42. The molecule has 2 aliphatic rings. The number of fused-ring (bicyclic) bond motifs is 2. The molecular formula is C16H31N3O. The lowest BCUT2D eigenvalue weighted by atomic mass is 9.80. The fraction of sp³-hybridized carbons (Fsp3) is 0.938. The molecule has 2 fully saturated rings. The number of amides is 1. The van der Waals surface area contributed by atoms with Crippen LogP contribution in [0.15, 0.2) is 0 Å². The van der Waals surface area contributed by atoms with Crippen LogP contribution in [0, 0.1) is 0 Å². The predicted molar refractivity (Wildman–Crippen MR) is 82.7 cm³/mol. The highest BCUT2D eigenvalue weighted by atomic mass is 16.2. The Morgan fingerprint density at radius 3 is 2.40 bits per heavy atom. The van der Waals surface area contributed by atoms with E-state index < -0.39 is 0 Å². The second kappa shape index (κ2) is 6.90. The first-order valence-electron chi connectivity index (χ1n) is 8.34. The summed E-state index contributed by atoms with van der Waals surface area (Å²) in [4.78, 5) is 16.9. The number of hydrogen-bond acceptors (Lipinski definition) is 3. The van der Waals surface area contributed by atoms with Crippen molar-refractivity contribution in [3.63, 3.8) is 0 Å². The molecule has 116 valence electrons. The van der Waals surface area contributed by atoms with Crippen molar-refractivity contribution in [3.05, 3.63) is 0 Å². The van der Waals surface area contributed by atoms with Crippen molar-refractivity contribution in [2.24, 2.45) is 0 Å². The molecule has 3 atom stereocenters. The topological polar surface area (TPSA) is 35.6 Å². The molecular weight excluding hydrogens is 250 g/mol. The van der Waals surface area contributed by atoms with Gasteiger partial charge in [-0.15, -0.1) is 0 Å². The van der Waals surface area contributed by atoms with Gasteiger partial charge in [0.25, 0.3) is 0 Å². The minimum Gasteiger partial charge on any atom is -0.345 e. The first-order chi connectivity index (χ1) is 9.58. The van der Waals surface area contributed by atoms with Gasteiger partial charge in [-0.1, -0.05) is 13.3 Å². The second-order valence-electron chi connectivity index (χ2n) is 6.44. The number of likely N-dealkylation sites (N-methyl/N-ethyl adjacent to an activating group) is 1. The van der Waals surface area contributed by atoms with E-state index in [4.69, 9.17) is 0 Å². The van der Waals surface area contributed by atoms with Gasteiger partial charge in [0.05, 0.1) is 6.04 Å². The minimum atomic E-state index is 0.0397. The molecule has 2 aliphatic heterocycles. The molecule has 1 N–H and O–H groups in total. The zero-order valence-corrected chi connectivity index (χ0v) is 13.6. The molecule has 0 aromatic carbocycles. The maximum Gasteiger partial charge on any atom is 0.239 e. The summed E-state index contributed by atoms with van der Waals surface area (Å²) < 4.78 is 0. The Morgan fingerprint density at radius 2 is 1.90 bits per heavy atom. The third-order valence-corrected chi connectivity index (χ3v) is 5.18. The summed E-state index contributed by atoms with van der Waals surface area (Å²) in [6.45, 7) is 8.18. The Morgan fingerprint density at radius 1 is 1.30 bits per heavy atom. The largest absolute Gasteiger partial charge is 0.345 e. The molecule has 0 radical (unpaired) electrons. The predicted octanol–water partition coefficient (Wildman–Crippen LogP) is 1.85. The Bertz CT molecular complexity index is 320. The van der Waals surface area contributed by atoms with Gasteiger partial charge in [0.1, 0.15) is 0 Å². The monoisotopic (exact) mass is 281 g/mol. The molecule has 2 saturated heterocycles. The number of piperidine rings is 2. The summed E-state index contributed by atoms with van der Waals surface area (Å²) in [5, 5.41) is 3.61. The number of carbonyl (C=O) groups is 1. The molecule has 0 aliphatic carbocycles. The van der Waals surface area contributed by atoms with Crippen molar-refractivity contribution in [2.45, 2.75) is 77.0 Å². The first-order valence-corrected chi connectivity index (χ1v) is 8.34. The first kappa shape index (κ1) is 15.8. The highest BCUT2D eigenvalue weighted by molar-refractivity contribution is 5.81. The molecule has 0 saturated carbocycles. The SMILES string of the molecule is CCNC1CC2CCCC(C1)N2C(C)C(=O)N(C)CC. The number of nitrogens with one attached hydrogen (secondary N) is 1. The van der Waals surface area contributed by atoms with Crippen molar-refractivity contribution in [1.82, 2.24) is 15.1 Å². The van der Waals surface area contributed by atoms with Gasteiger partial charge in [-0.2, -0.15) is 0 Å². The molecule has 2 heterocycles. The van der Waals surface area contributed by atoms with Gasteiger partial charge in [0, 0.05) is 31.7 Å². The van der Waals surface area contributed by atoms with E-state index in [2.05, 4.69) is 24.1 Å². The zero-order valence-electron chi connectivity index (χ0n) is 13.6. The van der Waals surface area contributed by atoms with Crippen molar-refractivity contribution >= 4 is 5.91 Å². The molecule has 2 rings (SSSR count). The summed E-state index contributed by atoms with van der Waals surface area (Å²) in [5.41, 5.74) is 0. The quantitative estimate of drug-likeness (QED) is 0.835. The fourth-order valence-electron chi connectivity index (χ4n) is 4.11. The van der Waals surface area contributed by atoms with E-state index in [1.165, 1.54) is 32.1 Å². The van der Waals surface area contributed by atoms with Crippen LogP contribution in [0.5, 0.6) is 0 Å². The fourth-order valence-corrected chi connectivity index (χ4v) is 4.11. The zero-order chi connectivity index (χ0) is 14.7. The van der Waals surface area contributed by atoms with E-state index >= 15 is 0 Å². The van der Waals surface area contributed by atoms with Crippen molar-refractivity contribution < 1.29 is 4.79 Å². The Kier molecular flexibility index (Phi) is 5.44. The maximum atomic E-state index is 12.5. The van der Waals surface area contributed by atoms with Crippen LogP contribution < -0.4 is 5.32 Å². The van der Waals surface area contributed by atoms with Crippen LogP contribution in [-0.2, 0) is 4.79 Å². The average Bonchev–Trinajstić information content (AvgIpc) is 2.44. The van der Waals surface area contributed by atoms with Crippen LogP contribution >= 0.6 is 0 Å². The van der Waals surface area contributed by atoms with Gasteiger partial charge in [-0.25, -0.2) is 0 Å². The van der Waals surface area contributed by atoms with Crippen molar-refractivity contribution in [3.8, 4) is 0 Å². The molecule has 0 aromatic rings. The van der Waals surface area contributed by atoms with Crippen LogP contribution in [0.3, 0.4) is 0 Å². The Hall–Kier alpha value is -0.610. The number of hydrogen-bond donors (Lipinski definition) is 1. The molecule has 3 unspecified atom stereocenters. The Balaban J connectivity index is 2.06. The smallest absolute Gasteiger partial charge is 0.239 e. The van der Waals surface area contributed by atoms with E-state index in [1.807, 2.05) is 18.9 Å². The summed E-state index contributed by atoms with van der Waals surface area (Å²) in [6.07, 6.45) is 6.25. The third-order valence-electron chi connectivity index (χ3n) is 5.18. The molecule has 4 heteroatoms. The number of rotatable bonds is 5. The van der Waals surface area contributed by atoms with Crippen LogP contribution in [0.1, 0.15) is 52.9 Å². The standard InChI is InChI=1S/C16H31N3O/c1-5-17-13-10-14-8-7-9-15(11-13)19(14)12(3)16(20)18(4)6-2/h12-15,17H,5-11H2,1-4H3. The van der Waals surface area contributed by atoms with Crippen molar-refractivity contribution in [1.29, 1.82) is 0 Å². The van der Waals surface area contributed by atoms with Crippen molar-refractivity contribution in [2.75, 3.05) is 20.1 Å². The summed E-state index contributed by atoms with van der Waals surface area (Å²) >= 11 is 0. The van der Waals surface area contributed by atoms with Crippen LogP contribution in [-0.4, -0.2) is 60.0 Å². The molecule has 4 nitrogen and oxygen atoms in total. The van der Waals surface area contributed by atoms with Gasteiger partial charge in [0.2, 0.25) is 5.91 Å². The number of nitrogens with zero attached hydrogens (tertiary/aromatic N) is 2.